The summed E-state index contributed by atoms with van der Waals surface area (Å²) in [6, 6.07) is 4.37. The van der Waals surface area contributed by atoms with E-state index in [2.05, 4.69) is 29.8 Å². The highest BCUT2D eigenvalue weighted by Crippen LogP contribution is 2.33. The third kappa shape index (κ3) is 2.62. The minimum Gasteiger partial charge on any atom is -0.379 e. The lowest BCUT2D eigenvalue weighted by Crippen LogP contribution is -2.40. The van der Waals surface area contributed by atoms with Crippen LogP contribution in [-0.2, 0) is 9.53 Å². The van der Waals surface area contributed by atoms with Gasteiger partial charge in [-0.3, -0.25) is 10.1 Å². The van der Waals surface area contributed by atoms with E-state index in [0.29, 0.717) is 6.61 Å². The normalized spacial score (nSPS) is 30.4. The first-order valence-electron chi connectivity index (χ1n) is 7.50. The van der Waals surface area contributed by atoms with Gasteiger partial charge in [-0.1, -0.05) is 25.8 Å². The summed E-state index contributed by atoms with van der Waals surface area (Å²) in [6.07, 6.45) is 4.14. The first-order valence-corrected chi connectivity index (χ1v) is 8.38. The van der Waals surface area contributed by atoms with Crippen LogP contribution in [0.4, 0.5) is 0 Å². The second kappa shape index (κ2) is 6.24. The van der Waals surface area contributed by atoms with E-state index in [1.54, 1.807) is 11.3 Å². The van der Waals surface area contributed by atoms with Gasteiger partial charge in [0.05, 0.1) is 18.7 Å². The molecule has 20 heavy (non-hydrogen) atoms. The topological polar surface area (TPSA) is 41.6 Å². The predicted molar refractivity (Wildman–Crippen MR) is 79.6 cm³/mol. The third-order valence-corrected chi connectivity index (χ3v) is 5.07. The molecule has 3 heterocycles. The van der Waals surface area contributed by atoms with Gasteiger partial charge in [0.15, 0.2) is 0 Å². The molecule has 3 rings (SSSR count). The van der Waals surface area contributed by atoms with Crippen LogP contribution in [0.15, 0.2) is 17.5 Å². The summed E-state index contributed by atoms with van der Waals surface area (Å²) in [5.74, 6) is 0.257. The monoisotopic (exact) mass is 294 g/mol. The van der Waals surface area contributed by atoms with Gasteiger partial charge in [-0.05, 0) is 24.3 Å². The Morgan fingerprint density at radius 3 is 3.10 bits per heavy atom. The fraction of sp³-hybridized carbons (Fsp3) is 0.667. The Morgan fingerprint density at radius 2 is 2.45 bits per heavy atom. The number of rotatable bonds is 5. The maximum absolute atomic E-state index is 12.7. The van der Waals surface area contributed by atoms with E-state index in [1.807, 2.05) is 4.90 Å². The number of hydrogen-bond acceptors (Lipinski definition) is 4. The zero-order valence-corrected chi connectivity index (χ0v) is 12.7. The summed E-state index contributed by atoms with van der Waals surface area (Å²) in [6.45, 7) is 3.61. The van der Waals surface area contributed by atoms with Gasteiger partial charge >= 0.3 is 0 Å². The number of unbranched alkanes of at least 4 members (excludes halogenated alkanes) is 1. The van der Waals surface area contributed by atoms with Crippen LogP contribution in [0.3, 0.4) is 0 Å². The Labute approximate surface area is 124 Å². The first kappa shape index (κ1) is 14.0. The quantitative estimate of drug-likeness (QED) is 0.907. The lowest BCUT2D eigenvalue weighted by molar-refractivity contribution is -0.132. The molecule has 0 radical (unpaired) electrons. The molecule has 0 aromatic carbocycles. The van der Waals surface area contributed by atoms with Crippen LogP contribution < -0.4 is 5.32 Å². The second-order valence-corrected chi connectivity index (χ2v) is 6.52. The summed E-state index contributed by atoms with van der Waals surface area (Å²) < 4.78 is 5.48. The van der Waals surface area contributed by atoms with Gasteiger partial charge in [0.25, 0.3) is 0 Å². The third-order valence-electron chi connectivity index (χ3n) is 4.15. The number of amides is 1. The van der Waals surface area contributed by atoms with Crippen molar-refractivity contribution in [2.24, 2.45) is 0 Å². The lowest BCUT2D eigenvalue weighted by Gasteiger charge is -2.28. The smallest absolute Gasteiger partial charge is 0.241 e. The van der Waals surface area contributed by atoms with Crippen molar-refractivity contribution in [3.8, 4) is 0 Å². The van der Waals surface area contributed by atoms with E-state index >= 15 is 0 Å². The molecule has 5 heteroatoms. The summed E-state index contributed by atoms with van der Waals surface area (Å²) in [7, 11) is 0. The molecule has 3 atom stereocenters. The molecule has 2 aliphatic heterocycles. The maximum Gasteiger partial charge on any atom is 0.241 e. The Balaban J connectivity index is 1.80. The zero-order valence-electron chi connectivity index (χ0n) is 11.9. The van der Waals surface area contributed by atoms with Crippen LogP contribution >= 0.6 is 11.3 Å². The highest BCUT2D eigenvalue weighted by atomic mass is 32.1. The van der Waals surface area contributed by atoms with Gasteiger partial charge in [0, 0.05) is 11.5 Å². The fourth-order valence-corrected chi connectivity index (χ4v) is 3.84. The summed E-state index contributed by atoms with van der Waals surface area (Å²) >= 11 is 1.71. The van der Waals surface area contributed by atoms with Gasteiger partial charge in [-0.25, -0.2) is 0 Å². The Bertz CT molecular complexity index is 443. The highest BCUT2D eigenvalue weighted by molar-refractivity contribution is 7.10. The van der Waals surface area contributed by atoms with Gasteiger partial charge < -0.3 is 9.64 Å². The fourth-order valence-electron chi connectivity index (χ4n) is 3.06. The molecule has 3 unspecified atom stereocenters. The molecule has 0 saturated carbocycles. The summed E-state index contributed by atoms with van der Waals surface area (Å²) in [5.41, 5.74) is 0. The number of nitrogens with one attached hydrogen (secondary N) is 1. The van der Waals surface area contributed by atoms with Crippen molar-refractivity contribution >= 4 is 17.2 Å². The molecule has 110 valence electrons. The molecule has 2 aliphatic rings. The molecule has 0 spiro atoms. The molecule has 2 saturated heterocycles. The molecular formula is C15H22N2O2S. The van der Waals surface area contributed by atoms with E-state index in [0.717, 1.165) is 32.3 Å². The number of nitrogens with zero attached hydrogens (tertiary/aromatic N) is 1. The van der Waals surface area contributed by atoms with E-state index in [9.17, 15) is 4.79 Å². The van der Waals surface area contributed by atoms with Crippen LogP contribution in [0.1, 0.15) is 43.6 Å². The van der Waals surface area contributed by atoms with Gasteiger partial charge in [0.2, 0.25) is 5.91 Å². The predicted octanol–water partition coefficient (Wildman–Crippen LogP) is 2.53. The molecule has 0 aliphatic carbocycles. The van der Waals surface area contributed by atoms with Crippen molar-refractivity contribution in [3.05, 3.63) is 22.4 Å². The zero-order chi connectivity index (χ0) is 13.9. The Morgan fingerprint density at radius 1 is 1.55 bits per heavy atom. The minimum atomic E-state index is -0.0253. The van der Waals surface area contributed by atoms with Crippen LogP contribution in [0, 0.1) is 0 Å². The second-order valence-electron chi connectivity index (χ2n) is 5.54. The molecule has 2 fully saturated rings. The average Bonchev–Trinajstić information content (AvgIpc) is 3.17. The maximum atomic E-state index is 12.7. The van der Waals surface area contributed by atoms with Crippen LogP contribution in [-0.4, -0.2) is 36.1 Å². The van der Waals surface area contributed by atoms with Gasteiger partial charge in [-0.15, -0.1) is 11.3 Å². The van der Waals surface area contributed by atoms with Crippen molar-refractivity contribution in [3.63, 3.8) is 0 Å². The summed E-state index contributed by atoms with van der Waals surface area (Å²) in [5, 5.41) is 5.61. The molecule has 4 nitrogen and oxygen atoms in total. The van der Waals surface area contributed by atoms with Crippen LogP contribution in [0.2, 0.25) is 0 Å². The van der Waals surface area contributed by atoms with E-state index in [-0.39, 0.29) is 24.2 Å². The minimum absolute atomic E-state index is 0.0253. The lowest BCUT2D eigenvalue weighted by atomic mass is 10.1. The largest absolute Gasteiger partial charge is 0.379 e. The van der Waals surface area contributed by atoms with Crippen LogP contribution in [0.25, 0.3) is 0 Å². The Kier molecular flexibility index (Phi) is 4.38. The van der Waals surface area contributed by atoms with Crippen molar-refractivity contribution in [2.45, 2.75) is 50.9 Å². The van der Waals surface area contributed by atoms with Crippen molar-refractivity contribution in [2.75, 3.05) is 13.2 Å². The standard InChI is InChI=1S/C15H22N2O2S/c1-2-3-5-12-15(18)17(11-7-8-19-10-11)14(16-12)13-6-4-9-20-13/h4,6,9,11-12,14,16H,2-3,5,7-8,10H2,1H3. The van der Waals surface area contributed by atoms with Gasteiger partial charge in [0.1, 0.15) is 6.17 Å². The van der Waals surface area contributed by atoms with Gasteiger partial charge in [-0.2, -0.15) is 0 Å². The molecule has 1 aromatic heterocycles. The molecule has 0 bridgehead atoms. The SMILES string of the molecule is CCCCC1NC(c2cccs2)N(C2CCOC2)C1=O. The molecule has 1 amide bonds. The van der Waals surface area contributed by atoms with E-state index in [1.165, 1.54) is 4.88 Å². The summed E-state index contributed by atoms with van der Waals surface area (Å²) in [4.78, 5) is 16.0. The molecule has 1 aromatic rings. The highest BCUT2D eigenvalue weighted by Gasteiger charge is 2.44. The number of thiophene rings is 1. The van der Waals surface area contributed by atoms with Crippen molar-refractivity contribution in [1.82, 2.24) is 10.2 Å². The number of ether oxygens (including phenoxy) is 1. The van der Waals surface area contributed by atoms with Crippen molar-refractivity contribution in [1.29, 1.82) is 0 Å². The van der Waals surface area contributed by atoms with Crippen molar-refractivity contribution < 1.29 is 9.53 Å². The van der Waals surface area contributed by atoms with E-state index in [4.69, 9.17) is 4.74 Å². The Hall–Kier alpha value is -0.910. The molecule has 1 N–H and O–H groups in total. The number of hydrogen-bond donors (Lipinski definition) is 1. The number of carbonyl (C=O) groups is 1. The number of carbonyl (C=O) groups excluding carboxylic acids is 1. The molecular weight excluding hydrogens is 272 g/mol. The van der Waals surface area contributed by atoms with E-state index < -0.39 is 0 Å². The average molecular weight is 294 g/mol. The van der Waals surface area contributed by atoms with Crippen LogP contribution in [0.5, 0.6) is 0 Å². The first-order chi connectivity index (χ1) is 9.81.